The van der Waals surface area contributed by atoms with E-state index in [0.717, 1.165) is 11.3 Å². The Morgan fingerprint density at radius 3 is 2.86 bits per heavy atom. The number of amides is 2. The molecule has 144 valence electrons. The van der Waals surface area contributed by atoms with Crippen molar-refractivity contribution >= 4 is 11.8 Å². The van der Waals surface area contributed by atoms with Crippen molar-refractivity contribution in [2.45, 2.75) is 33.0 Å². The maximum Gasteiger partial charge on any atom is 0.290 e. The van der Waals surface area contributed by atoms with E-state index in [1.54, 1.807) is 23.4 Å². The molecule has 8 nitrogen and oxygen atoms in total. The first kappa shape index (κ1) is 18.0. The van der Waals surface area contributed by atoms with Crippen LogP contribution in [0.1, 0.15) is 51.1 Å². The molecule has 0 aromatic carbocycles. The zero-order valence-corrected chi connectivity index (χ0v) is 15.8. The summed E-state index contributed by atoms with van der Waals surface area (Å²) in [5, 5.41) is 2.83. The molecule has 1 unspecified atom stereocenters. The lowest BCUT2D eigenvalue weighted by atomic mass is 10.1. The molecule has 2 amide bonds. The molecule has 3 aromatic rings. The quantitative estimate of drug-likeness (QED) is 0.751. The van der Waals surface area contributed by atoms with E-state index in [1.165, 1.54) is 6.26 Å². The van der Waals surface area contributed by atoms with Gasteiger partial charge in [-0.2, -0.15) is 0 Å². The van der Waals surface area contributed by atoms with Crippen molar-refractivity contribution in [2.24, 2.45) is 0 Å². The van der Waals surface area contributed by atoms with Crippen molar-refractivity contribution in [3.63, 3.8) is 0 Å². The Hall–Kier alpha value is -3.42. The molecule has 0 radical (unpaired) electrons. The molecule has 1 aliphatic rings. The van der Waals surface area contributed by atoms with Crippen molar-refractivity contribution in [3.05, 3.63) is 71.5 Å². The first-order valence-corrected chi connectivity index (χ1v) is 9.15. The smallest absolute Gasteiger partial charge is 0.290 e. The first-order chi connectivity index (χ1) is 13.5. The van der Waals surface area contributed by atoms with Gasteiger partial charge in [-0.05, 0) is 32.0 Å². The topological polar surface area (TPSA) is 93.3 Å². The zero-order chi connectivity index (χ0) is 19.7. The van der Waals surface area contributed by atoms with Gasteiger partial charge in [0.2, 0.25) is 0 Å². The number of carbonyl (C=O) groups is 2. The number of hydrogen-bond donors (Lipinski definition) is 1. The van der Waals surface area contributed by atoms with Crippen LogP contribution in [0.4, 0.5) is 0 Å². The third kappa shape index (κ3) is 3.28. The molecule has 0 bridgehead atoms. The van der Waals surface area contributed by atoms with Crippen LogP contribution < -0.4 is 5.32 Å². The molecule has 4 rings (SSSR count). The Bertz CT molecular complexity index is 1010. The fourth-order valence-corrected chi connectivity index (χ4v) is 3.36. The molecule has 3 aromatic heterocycles. The van der Waals surface area contributed by atoms with E-state index < -0.39 is 0 Å². The number of fused-ring (bicyclic) bond motifs is 1. The maximum absolute atomic E-state index is 12.8. The Balaban J connectivity index is 1.48. The second-order valence-electron chi connectivity index (χ2n) is 6.79. The highest BCUT2D eigenvalue weighted by atomic mass is 16.3. The summed E-state index contributed by atoms with van der Waals surface area (Å²) < 4.78 is 7.27. The fourth-order valence-electron chi connectivity index (χ4n) is 3.36. The highest BCUT2D eigenvalue weighted by Crippen LogP contribution is 2.27. The number of rotatable bonds is 4. The normalized spacial score (nSPS) is 15.9. The van der Waals surface area contributed by atoms with Crippen molar-refractivity contribution in [1.29, 1.82) is 0 Å². The van der Waals surface area contributed by atoms with Gasteiger partial charge in [-0.25, -0.2) is 4.98 Å². The largest absolute Gasteiger partial charge is 0.459 e. The second kappa shape index (κ2) is 7.30. The van der Waals surface area contributed by atoms with E-state index in [4.69, 9.17) is 4.42 Å². The molecule has 1 atom stereocenters. The van der Waals surface area contributed by atoms with Crippen LogP contribution in [0.2, 0.25) is 0 Å². The SMILES string of the molecule is Cc1ccoc1C(=O)N1CCn2cc(C(=O)NCc3ccccn3)nc2C1C. The lowest BCUT2D eigenvalue weighted by Gasteiger charge is -2.33. The van der Waals surface area contributed by atoms with E-state index in [-0.39, 0.29) is 17.9 Å². The summed E-state index contributed by atoms with van der Waals surface area (Å²) in [6.45, 7) is 5.18. The lowest BCUT2D eigenvalue weighted by molar-refractivity contribution is 0.0604. The molecule has 1 N–H and O–H groups in total. The summed E-state index contributed by atoms with van der Waals surface area (Å²) in [7, 11) is 0. The third-order valence-corrected chi connectivity index (χ3v) is 4.94. The molecule has 0 spiro atoms. The minimum Gasteiger partial charge on any atom is -0.459 e. The third-order valence-electron chi connectivity index (χ3n) is 4.94. The number of furan rings is 1. The van der Waals surface area contributed by atoms with Gasteiger partial charge in [0, 0.05) is 31.0 Å². The van der Waals surface area contributed by atoms with E-state index in [9.17, 15) is 9.59 Å². The number of aromatic nitrogens is 3. The van der Waals surface area contributed by atoms with Gasteiger partial charge in [-0.1, -0.05) is 6.07 Å². The highest BCUT2D eigenvalue weighted by molar-refractivity contribution is 5.93. The predicted octanol–water partition coefficient (Wildman–Crippen LogP) is 2.33. The van der Waals surface area contributed by atoms with Crippen LogP contribution in [0.3, 0.4) is 0 Å². The molecule has 1 aliphatic heterocycles. The molecule has 4 heterocycles. The van der Waals surface area contributed by atoms with Gasteiger partial charge in [-0.15, -0.1) is 0 Å². The summed E-state index contributed by atoms with van der Waals surface area (Å²) in [6, 6.07) is 7.06. The van der Waals surface area contributed by atoms with Gasteiger partial charge in [0.25, 0.3) is 11.8 Å². The zero-order valence-electron chi connectivity index (χ0n) is 15.8. The molecule has 8 heteroatoms. The number of nitrogens with one attached hydrogen (secondary N) is 1. The molecular formula is C20H21N5O3. The van der Waals surface area contributed by atoms with Gasteiger partial charge in [-0.3, -0.25) is 14.6 Å². The fraction of sp³-hybridized carbons (Fsp3) is 0.300. The van der Waals surface area contributed by atoms with Crippen LogP contribution in [0.25, 0.3) is 0 Å². The first-order valence-electron chi connectivity index (χ1n) is 9.15. The number of imidazole rings is 1. The van der Waals surface area contributed by atoms with Gasteiger partial charge >= 0.3 is 0 Å². The number of aryl methyl sites for hydroxylation is 1. The number of carbonyl (C=O) groups excluding carboxylic acids is 2. The maximum atomic E-state index is 12.8. The second-order valence-corrected chi connectivity index (χ2v) is 6.79. The molecular weight excluding hydrogens is 358 g/mol. The van der Waals surface area contributed by atoms with Crippen molar-refractivity contribution in [2.75, 3.05) is 6.54 Å². The summed E-state index contributed by atoms with van der Waals surface area (Å²) in [5.41, 5.74) is 1.92. The average molecular weight is 379 g/mol. The number of hydrogen-bond acceptors (Lipinski definition) is 5. The summed E-state index contributed by atoms with van der Waals surface area (Å²) in [6.07, 6.45) is 4.94. The predicted molar refractivity (Wildman–Crippen MR) is 101 cm³/mol. The minimum absolute atomic E-state index is 0.162. The summed E-state index contributed by atoms with van der Waals surface area (Å²) in [5.74, 6) is 0.608. The molecule has 28 heavy (non-hydrogen) atoms. The lowest BCUT2D eigenvalue weighted by Crippen LogP contribution is -2.41. The van der Waals surface area contributed by atoms with Crippen LogP contribution in [-0.4, -0.2) is 37.8 Å². The van der Waals surface area contributed by atoms with Crippen LogP contribution in [-0.2, 0) is 13.1 Å². The Morgan fingerprint density at radius 1 is 1.29 bits per heavy atom. The average Bonchev–Trinajstić information content (AvgIpc) is 3.33. The number of pyridine rings is 1. The Morgan fingerprint density at radius 2 is 2.14 bits per heavy atom. The van der Waals surface area contributed by atoms with Gasteiger partial charge < -0.3 is 19.2 Å². The Labute approximate surface area is 162 Å². The van der Waals surface area contributed by atoms with E-state index in [2.05, 4.69) is 15.3 Å². The molecule has 0 aliphatic carbocycles. The molecule has 0 saturated heterocycles. The van der Waals surface area contributed by atoms with Crippen molar-refractivity contribution in [3.8, 4) is 0 Å². The highest BCUT2D eigenvalue weighted by Gasteiger charge is 2.32. The monoisotopic (exact) mass is 379 g/mol. The molecule has 0 fully saturated rings. The minimum atomic E-state index is -0.264. The van der Waals surface area contributed by atoms with Crippen molar-refractivity contribution in [1.82, 2.24) is 24.8 Å². The van der Waals surface area contributed by atoms with Gasteiger partial charge in [0.15, 0.2) is 5.76 Å². The number of nitrogens with zero attached hydrogens (tertiary/aromatic N) is 4. The molecule has 0 saturated carbocycles. The van der Waals surface area contributed by atoms with E-state index in [0.29, 0.717) is 36.9 Å². The summed E-state index contributed by atoms with van der Waals surface area (Å²) >= 11 is 0. The van der Waals surface area contributed by atoms with Crippen LogP contribution in [0.15, 0.2) is 47.3 Å². The van der Waals surface area contributed by atoms with E-state index in [1.807, 2.05) is 36.6 Å². The van der Waals surface area contributed by atoms with E-state index >= 15 is 0 Å². The van der Waals surface area contributed by atoms with Gasteiger partial charge in [0.1, 0.15) is 11.5 Å². The van der Waals surface area contributed by atoms with Crippen LogP contribution >= 0.6 is 0 Å². The van der Waals surface area contributed by atoms with Crippen LogP contribution in [0.5, 0.6) is 0 Å². The standard InChI is InChI=1S/C20H21N5O3/c1-13-6-10-28-17(13)20(27)25-9-8-24-12-16(23-18(24)14(25)2)19(26)22-11-15-5-3-4-7-21-15/h3-7,10,12,14H,8-9,11H2,1-2H3,(H,22,26). The van der Waals surface area contributed by atoms with Gasteiger partial charge in [0.05, 0.1) is 24.5 Å². The summed E-state index contributed by atoms with van der Waals surface area (Å²) in [4.78, 5) is 35.7. The van der Waals surface area contributed by atoms with Crippen LogP contribution in [0, 0.1) is 6.92 Å². The van der Waals surface area contributed by atoms with Crippen molar-refractivity contribution < 1.29 is 14.0 Å². The Kier molecular flexibility index (Phi) is 4.68.